The summed E-state index contributed by atoms with van der Waals surface area (Å²) >= 11 is 0. The fourth-order valence-electron chi connectivity index (χ4n) is 1.25. The minimum Gasteiger partial charge on any atom is -0.480 e. The van der Waals surface area contributed by atoms with E-state index in [4.69, 9.17) is 10.2 Å². The van der Waals surface area contributed by atoms with E-state index in [1.165, 1.54) is 0 Å². The summed E-state index contributed by atoms with van der Waals surface area (Å²) in [5.41, 5.74) is 0. The van der Waals surface area contributed by atoms with Crippen molar-refractivity contribution in [2.45, 2.75) is 18.9 Å². The van der Waals surface area contributed by atoms with E-state index in [1.807, 2.05) is 5.32 Å². The van der Waals surface area contributed by atoms with Gasteiger partial charge in [0.2, 0.25) is 0 Å². The summed E-state index contributed by atoms with van der Waals surface area (Å²) < 4.78 is 28.7. The molecule has 0 aliphatic heterocycles. The molecule has 1 atom stereocenters. The predicted molar refractivity (Wildman–Crippen MR) is 61.3 cm³/mol. The molecule has 0 aromatic rings. The van der Waals surface area contributed by atoms with E-state index in [1.54, 1.807) is 0 Å². The van der Waals surface area contributed by atoms with Crippen LogP contribution in [-0.4, -0.2) is 72.4 Å². The molecule has 0 heterocycles. The first-order valence-corrected chi connectivity index (χ1v) is 5.55. The molecule has 20 heavy (non-hydrogen) atoms. The molecule has 0 radical (unpaired) electrons. The molecule has 0 aromatic carbocycles. The monoisotopic (exact) mass is 298 g/mol. The van der Waals surface area contributed by atoms with Crippen LogP contribution in [0.4, 0.5) is 13.6 Å². The third-order valence-electron chi connectivity index (χ3n) is 2.21. The number of alkyl halides is 2. The van der Waals surface area contributed by atoms with Crippen molar-refractivity contribution in [2.24, 2.45) is 0 Å². The van der Waals surface area contributed by atoms with Crippen LogP contribution in [0, 0.1) is 0 Å². The number of carboxylic acids is 1. The average Bonchev–Trinajstić information content (AvgIpc) is 2.36. The number of aliphatic hydroxyl groups excluding tert-OH is 1. The molecular weight excluding hydrogens is 282 g/mol. The molecule has 0 bridgehead atoms. The lowest BCUT2D eigenvalue weighted by atomic mass is 10.2. The van der Waals surface area contributed by atoms with Gasteiger partial charge in [0.1, 0.15) is 6.04 Å². The van der Waals surface area contributed by atoms with E-state index in [0.29, 0.717) is 4.90 Å². The van der Waals surface area contributed by atoms with E-state index in [0.717, 1.165) is 7.11 Å². The molecule has 0 saturated heterocycles. The van der Waals surface area contributed by atoms with Gasteiger partial charge in [0.25, 0.3) is 6.43 Å². The van der Waals surface area contributed by atoms with Crippen LogP contribution in [0.3, 0.4) is 0 Å². The minimum atomic E-state index is -2.84. The molecule has 3 N–H and O–H groups in total. The van der Waals surface area contributed by atoms with Gasteiger partial charge in [0, 0.05) is 6.54 Å². The van der Waals surface area contributed by atoms with E-state index >= 15 is 0 Å². The van der Waals surface area contributed by atoms with Crippen molar-refractivity contribution in [1.29, 1.82) is 0 Å². The highest BCUT2D eigenvalue weighted by molar-refractivity contribution is 5.86. The van der Waals surface area contributed by atoms with Gasteiger partial charge in [-0.25, -0.2) is 18.4 Å². The number of hydrogen-bond acceptors (Lipinski definition) is 5. The van der Waals surface area contributed by atoms with Crippen LogP contribution < -0.4 is 5.32 Å². The molecule has 0 aliphatic carbocycles. The SMILES string of the molecule is COC(=O)C[C@H](NC(=O)N(CCO)CC(F)F)C(=O)O. The number of carbonyl (C=O) groups excluding carboxylic acids is 2. The molecule has 0 fully saturated rings. The van der Waals surface area contributed by atoms with Crippen LogP contribution >= 0.6 is 0 Å². The van der Waals surface area contributed by atoms with Crippen LogP contribution in [0.2, 0.25) is 0 Å². The Morgan fingerprint density at radius 3 is 2.35 bits per heavy atom. The van der Waals surface area contributed by atoms with Crippen LogP contribution in [0.25, 0.3) is 0 Å². The van der Waals surface area contributed by atoms with Crippen LogP contribution in [0.15, 0.2) is 0 Å². The number of carbonyl (C=O) groups is 3. The molecule has 0 spiro atoms. The van der Waals surface area contributed by atoms with E-state index < -0.39 is 50.0 Å². The highest BCUT2D eigenvalue weighted by atomic mass is 19.3. The van der Waals surface area contributed by atoms with Gasteiger partial charge in [-0.05, 0) is 0 Å². The third-order valence-corrected chi connectivity index (χ3v) is 2.21. The number of ether oxygens (including phenoxy) is 1. The Kier molecular flexibility index (Phi) is 8.13. The minimum absolute atomic E-state index is 0.388. The summed E-state index contributed by atoms with van der Waals surface area (Å²) in [7, 11) is 1.04. The molecular formula is C10H16F2N2O6. The number of esters is 1. The Labute approximate surface area is 113 Å². The summed E-state index contributed by atoms with van der Waals surface area (Å²) in [6.45, 7) is -1.91. The van der Waals surface area contributed by atoms with Crippen LogP contribution in [-0.2, 0) is 14.3 Å². The first-order chi connectivity index (χ1) is 9.31. The Hall–Kier alpha value is -1.97. The van der Waals surface area contributed by atoms with Gasteiger partial charge in [-0.15, -0.1) is 0 Å². The average molecular weight is 298 g/mol. The predicted octanol–water partition coefficient (Wildman–Crippen LogP) is -0.728. The smallest absolute Gasteiger partial charge is 0.326 e. The van der Waals surface area contributed by atoms with Gasteiger partial charge >= 0.3 is 18.0 Å². The second-order valence-corrected chi connectivity index (χ2v) is 3.68. The zero-order valence-electron chi connectivity index (χ0n) is 10.7. The van der Waals surface area contributed by atoms with Crippen LogP contribution in [0.1, 0.15) is 6.42 Å². The Bertz CT molecular complexity index is 353. The van der Waals surface area contributed by atoms with Crippen molar-refractivity contribution in [3.05, 3.63) is 0 Å². The highest BCUT2D eigenvalue weighted by Gasteiger charge is 2.27. The third kappa shape index (κ3) is 6.83. The summed E-state index contributed by atoms with van der Waals surface area (Å²) in [4.78, 5) is 34.0. The largest absolute Gasteiger partial charge is 0.480 e. The first-order valence-electron chi connectivity index (χ1n) is 5.55. The first kappa shape index (κ1) is 18.0. The van der Waals surface area contributed by atoms with Gasteiger partial charge in [-0.1, -0.05) is 0 Å². The van der Waals surface area contributed by atoms with Gasteiger partial charge in [-0.3, -0.25) is 4.79 Å². The number of rotatable bonds is 8. The Balaban J connectivity index is 4.69. The van der Waals surface area contributed by atoms with Crippen LogP contribution in [0.5, 0.6) is 0 Å². The number of aliphatic hydroxyl groups is 1. The topological polar surface area (TPSA) is 116 Å². The number of aliphatic carboxylic acids is 1. The molecule has 116 valence electrons. The second kappa shape index (κ2) is 9.02. The van der Waals surface area contributed by atoms with E-state index in [9.17, 15) is 23.2 Å². The summed E-state index contributed by atoms with van der Waals surface area (Å²) in [6.07, 6.45) is -3.48. The van der Waals surface area contributed by atoms with Crippen molar-refractivity contribution < 1.29 is 38.1 Å². The number of halogens is 2. The van der Waals surface area contributed by atoms with Crippen molar-refractivity contribution in [3.63, 3.8) is 0 Å². The lowest BCUT2D eigenvalue weighted by Gasteiger charge is -2.23. The number of nitrogens with one attached hydrogen (secondary N) is 1. The number of carboxylic acid groups (broad SMARTS) is 1. The molecule has 0 rings (SSSR count). The summed E-state index contributed by atoms with van der Waals surface area (Å²) in [6, 6.07) is -2.72. The lowest BCUT2D eigenvalue weighted by Crippen LogP contribution is -2.50. The maximum atomic E-state index is 12.2. The lowest BCUT2D eigenvalue weighted by molar-refractivity contribution is -0.147. The van der Waals surface area contributed by atoms with Crippen molar-refractivity contribution in [1.82, 2.24) is 10.2 Å². The number of methoxy groups -OCH3 is 1. The number of hydrogen-bond donors (Lipinski definition) is 3. The number of amides is 2. The Morgan fingerprint density at radius 1 is 1.35 bits per heavy atom. The summed E-state index contributed by atoms with van der Waals surface area (Å²) in [5, 5.41) is 19.4. The molecule has 0 aliphatic rings. The molecule has 0 unspecified atom stereocenters. The molecule has 8 nitrogen and oxygen atoms in total. The zero-order chi connectivity index (χ0) is 15.7. The maximum Gasteiger partial charge on any atom is 0.326 e. The zero-order valence-corrected chi connectivity index (χ0v) is 10.7. The second-order valence-electron chi connectivity index (χ2n) is 3.68. The van der Waals surface area contributed by atoms with Gasteiger partial charge in [0.05, 0.1) is 26.7 Å². The quantitative estimate of drug-likeness (QED) is 0.509. The van der Waals surface area contributed by atoms with Crippen molar-refractivity contribution >= 4 is 18.0 Å². The van der Waals surface area contributed by atoms with Gasteiger partial charge < -0.3 is 25.2 Å². The maximum absolute atomic E-state index is 12.2. The fraction of sp³-hybridized carbons (Fsp3) is 0.700. The highest BCUT2D eigenvalue weighted by Crippen LogP contribution is 2.01. The standard InChI is InChI=1S/C10H16F2N2O6/c1-20-8(16)4-6(9(17)18)13-10(19)14(2-3-15)5-7(11)12/h6-7,15H,2-5H2,1H3,(H,13,19)(H,17,18)/t6-/m0/s1. The van der Waals surface area contributed by atoms with Gasteiger partial charge in [-0.2, -0.15) is 0 Å². The molecule has 2 amide bonds. The van der Waals surface area contributed by atoms with Crippen molar-refractivity contribution in [3.8, 4) is 0 Å². The summed E-state index contributed by atoms with van der Waals surface area (Å²) in [5.74, 6) is -2.38. The molecule has 0 saturated carbocycles. The molecule has 0 aromatic heterocycles. The number of nitrogens with zero attached hydrogens (tertiary/aromatic N) is 1. The van der Waals surface area contributed by atoms with E-state index in [-0.39, 0.29) is 6.54 Å². The molecule has 10 heteroatoms. The fourth-order valence-corrected chi connectivity index (χ4v) is 1.25. The number of urea groups is 1. The normalized spacial score (nSPS) is 11.8. The van der Waals surface area contributed by atoms with Crippen molar-refractivity contribution in [2.75, 3.05) is 26.8 Å². The Morgan fingerprint density at radius 2 is 1.95 bits per heavy atom. The van der Waals surface area contributed by atoms with E-state index in [2.05, 4.69) is 4.74 Å². The van der Waals surface area contributed by atoms with Gasteiger partial charge in [0.15, 0.2) is 0 Å².